The Kier molecular flexibility index (Phi) is 9.46. The number of rotatable bonds is 9. The summed E-state index contributed by atoms with van der Waals surface area (Å²) in [6.45, 7) is 10.3. The van der Waals surface area contributed by atoms with Crippen LogP contribution in [0.2, 0.25) is 0 Å². The number of ether oxygens (including phenoxy) is 2. The van der Waals surface area contributed by atoms with Gasteiger partial charge in [-0.3, -0.25) is 4.99 Å². The molecular formula is C18H36N4O2. The molecule has 2 aliphatic rings. The van der Waals surface area contributed by atoms with Crippen molar-refractivity contribution in [3.8, 4) is 0 Å². The molecule has 2 fully saturated rings. The zero-order chi connectivity index (χ0) is 17.0. The average molecular weight is 341 g/mol. The van der Waals surface area contributed by atoms with Crippen molar-refractivity contribution in [2.75, 3.05) is 59.6 Å². The van der Waals surface area contributed by atoms with Crippen LogP contribution in [0.3, 0.4) is 0 Å². The zero-order valence-electron chi connectivity index (χ0n) is 15.6. The number of likely N-dealkylation sites (tertiary alicyclic amines) is 1. The summed E-state index contributed by atoms with van der Waals surface area (Å²) in [7, 11) is 1.84. The van der Waals surface area contributed by atoms with Crippen LogP contribution < -0.4 is 10.6 Å². The minimum Gasteiger partial charge on any atom is -0.379 e. The number of nitrogens with zero attached hydrogens (tertiary/aromatic N) is 2. The predicted molar refractivity (Wildman–Crippen MR) is 98.6 cm³/mol. The van der Waals surface area contributed by atoms with Gasteiger partial charge < -0.3 is 25.0 Å². The molecule has 1 atom stereocenters. The maximum absolute atomic E-state index is 5.77. The van der Waals surface area contributed by atoms with Crippen molar-refractivity contribution < 1.29 is 9.47 Å². The van der Waals surface area contributed by atoms with E-state index in [1.807, 2.05) is 7.05 Å². The van der Waals surface area contributed by atoms with E-state index in [1.54, 1.807) is 0 Å². The van der Waals surface area contributed by atoms with Crippen molar-refractivity contribution in [1.82, 2.24) is 15.5 Å². The molecular weight excluding hydrogens is 304 g/mol. The van der Waals surface area contributed by atoms with Gasteiger partial charge in [0.2, 0.25) is 0 Å². The lowest BCUT2D eigenvalue weighted by atomic mass is 9.97. The number of aliphatic imine (C=N–C) groups is 1. The molecule has 0 aromatic rings. The first-order chi connectivity index (χ1) is 11.8. The van der Waals surface area contributed by atoms with Crippen molar-refractivity contribution in [3.05, 3.63) is 0 Å². The van der Waals surface area contributed by atoms with Crippen molar-refractivity contribution in [1.29, 1.82) is 0 Å². The minimum absolute atomic E-state index is 0.306. The number of piperidine rings is 1. The standard InChI is InChI=1S/C18H36N4O2/c1-3-9-22-10-5-16(6-11-22)14-21-18(19-2)20-8-4-12-24-17-7-13-23-15-17/h16-17H,3-15H2,1-2H3,(H2,19,20,21). The Morgan fingerprint density at radius 3 is 2.75 bits per heavy atom. The molecule has 2 N–H and O–H groups in total. The summed E-state index contributed by atoms with van der Waals surface area (Å²) in [6, 6.07) is 0. The third-order valence-corrected chi connectivity index (χ3v) is 4.88. The summed E-state index contributed by atoms with van der Waals surface area (Å²) in [5.41, 5.74) is 0. The first-order valence-corrected chi connectivity index (χ1v) is 9.68. The second-order valence-electron chi connectivity index (χ2n) is 6.87. The van der Waals surface area contributed by atoms with Gasteiger partial charge in [-0.1, -0.05) is 6.92 Å². The van der Waals surface area contributed by atoms with E-state index in [4.69, 9.17) is 9.47 Å². The van der Waals surface area contributed by atoms with E-state index in [1.165, 1.54) is 38.9 Å². The molecule has 2 saturated heterocycles. The fourth-order valence-corrected chi connectivity index (χ4v) is 3.37. The van der Waals surface area contributed by atoms with Gasteiger partial charge >= 0.3 is 0 Å². The smallest absolute Gasteiger partial charge is 0.190 e. The summed E-state index contributed by atoms with van der Waals surface area (Å²) in [5.74, 6) is 1.68. The van der Waals surface area contributed by atoms with Crippen molar-refractivity contribution >= 4 is 5.96 Å². The van der Waals surface area contributed by atoms with Crippen LogP contribution >= 0.6 is 0 Å². The molecule has 0 saturated carbocycles. The Bertz CT molecular complexity index is 351. The topological polar surface area (TPSA) is 58.1 Å². The summed E-state index contributed by atoms with van der Waals surface area (Å²) in [4.78, 5) is 6.90. The van der Waals surface area contributed by atoms with E-state index in [-0.39, 0.29) is 0 Å². The molecule has 0 aromatic heterocycles. The number of hydrogen-bond acceptors (Lipinski definition) is 4. The van der Waals surface area contributed by atoms with Gasteiger partial charge in [0.05, 0.1) is 12.7 Å². The molecule has 0 spiro atoms. The lowest BCUT2D eigenvalue weighted by molar-refractivity contribution is 0.0420. The van der Waals surface area contributed by atoms with Crippen LogP contribution in [0, 0.1) is 5.92 Å². The van der Waals surface area contributed by atoms with Crippen molar-refractivity contribution in [2.24, 2.45) is 10.9 Å². The molecule has 6 nitrogen and oxygen atoms in total. The Labute approximate surface area is 147 Å². The van der Waals surface area contributed by atoms with Gasteiger partial charge in [0, 0.05) is 33.4 Å². The van der Waals surface area contributed by atoms with E-state index in [2.05, 4.69) is 27.4 Å². The Balaban J connectivity index is 1.49. The van der Waals surface area contributed by atoms with E-state index in [9.17, 15) is 0 Å². The van der Waals surface area contributed by atoms with E-state index < -0.39 is 0 Å². The number of guanidine groups is 1. The molecule has 0 radical (unpaired) electrons. The monoisotopic (exact) mass is 340 g/mol. The molecule has 2 aliphatic heterocycles. The zero-order valence-corrected chi connectivity index (χ0v) is 15.6. The highest BCUT2D eigenvalue weighted by Gasteiger charge is 2.18. The first-order valence-electron chi connectivity index (χ1n) is 9.68. The van der Waals surface area contributed by atoms with Gasteiger partial charge in [0.1, 0.15) is 0 Å². The normalized spacial score (nSPS) is 23.6. The lowest BCUT2D eigenvalue weighted by Crippen LogP contribution is -2.43. The highest BCUT2D eigenvalue weighted by molar-refractivity contribution is 5.79. The van der Waals surface area contributed by atoms with Crippen LogP contribution in [-0.4, -0.2) is 76.6 Å². The minimum atomic E-state index is 0.306. The third kappa shape index (κ3) is 7.36. The Morgan fingerprint density at radius 1 is 1.25 bits per heavy atom. The molecule has 140 valence electrons. The Hall–Kier alpha value is -0.850. The maximum Gasteiger partial charge on any atom is 0.190 e. The molecule has 0 amide bonds. The van der Waals surface area contributed by atoms with Crippen LogP contribution in [0.5, 0.6) is 0 Å². The van der Waals surface area contributed by atoms with Crippen LogP contribution in [0.25, 0.3) is 0 Å². The molecule has 0 aliphatic carbocycles. The number of nitrogens with one attached hydrogen (secondary N) is 2. The average Bonchev–Trinajstić information content (AvgIpc) is 3.12. The van der Waals surface area contributed by atoms with E-state index >= 15 is 0 Å². The van der Waals surface area contributed by atoms with Gasteiger partial charge in [-0.05, 0) is 57.7 Å². The summed E-state index contributed by atoms with van der Waals surface area (Å²) < 4.78 is 11.1. The Morgan fingerprint density at radius 2 is 2.08 bits per heavy atom. The predicted octanol–water partition coefficient (Wildman–Crippen LogP) is 1.47. The van der Waals surface area contributed by atoms with Crippen LogP contribution in [0.15, 0.2) is 4.99 Å². The van der Waals surface area contributed by atoms with Crippen molar-refractivity contribution in [3.63, 3.8) is 0 Å². The summed E-state index contributed by atoms with van der Waals surface area (Å²) in [6.07, 6.45) is 6.18. The quantitative estimate of drug-likeness (QED) is 0.378. The molecule has 6 heteroatoms. The van der Waals surface area contributed by atoms with Crippen molar-refractivity contribution in [2.45, 2.75) is 45.1 Å². The second-order valence-corrected chi connectivity index (χ2v) is 6.87. The third-order valence-electron chi connectivity index (χ3n) is 4.88. The fourth-order valence-electron chi connectivity index (χ4n) is 3.37. The maximum atomic E-state index is 5.77. The highest BCUT2D eigenvalue weighted by Crippen LogP contribution is 2.16. The fraction of sp³-hybridized carbons (Fsp3) is 0.944. The SMILES string of the molecule is CCCN1CCC(CNC(=NC)NCCCOC2CCOC2)CC1. The molecule has 0 aromatic carbocycles. The largest absolute Gasteiger partial charge is 0.379 e. The summed E-state index contributed by atoms with van der Waals surface area (Å²) in [5, 5.41) is 6.86. The van der Waals surface area contributed by atoms with Gasteiger partial charge in [-0.2, -0.15) is 0 Å². The number of hydrogen-bond donors (Lipinski definition) is 2. The molecule has 24 heavy (non-hydrogen) atoms. The summed E-state index contributed by atoms with van der Waals surface area (Å²) >= 11 is 0. The molecule has 0 bridgehead atoms. The van der Waals surface area contributed by atoms with Gasteiger partial charge in [-0.25, -0.2) is 0 Å². The van der Waals surface area contributed by atoms with Crippen LogP contribution in [0.1, 0.15) is 39.0 Å². The van der Waals surface area contributed by atoms with Gasteiger partial charge in [0.15, 0.2) is 5.96 Å². The van der Waals surface area contributed by atoms with Gasteiger partial charge in [0.25, 0.3) is 0 Å². The molecule has 2 heterocycles. The van der Waals surface area contributed by atoms with Crippen LogP contribution in [-0.2, 0) is 9.47 Å². The van der Waals surface area contributed by atoms with Gasteiger partial charge in [-0.15, -0.1) is 0 Å². The first kappa shape index (κ1) is 19.5. The second kappa shape index (κ2) is 11.7. The van der Waals surface area contributed by atoms with E-state index in [0.29, 0.717) is 6.10 Å². The highest BCUT2D eigenvalue weighted by atomic mass is 16.5. The molecule has 1 unspecified atom stereocenters. The molecule has 2 rings (SSSR count). The van der Waals surface area contributed by atoms with E-state index in [0.717, 1.165) is 57.6 Å². The van der Waals surface area contributed by atoms with Crippen LogP contribution in [0.4, 0.5) is 0 Å². The lowest BCUT2D eigenvalue weighted by Gasteiger charge is -2.32.